The first-order valence-corrected chi connectivity index (χ1v) is 11.5. The zero-order valence-corrected chi connectivity index (χ0v) is 19.1. The lowest BCUT2D eigenvalue weighted by molar-refractivity contribution is 0.401. The third-order valence-electron chi connectivity index (χ3n) is 5.64. The third kappa shape index (κ3) is 3.92. The van der Waals surface area contributed by atoms with Gasteiger partial charge in [-0.3, -0.25) is 14.8 Å². The van der Waals surface area contributed by atoms with E-state index in [0.29, 0.717) is 29.3 Å². The maximum atomic E-state index is 13.0. The number of aromatic amines is 1. The number of hydrogen-bond acceptors (Lipinski definition) is 6. The molecule has 2 heterocycles. The van der Waals surface area contributed by atoms with Crippen molar-refractivity contribution in [1.29, 1.82) is 0 Å². The second-order valence-electron chi connectivity index (χ2n) is 7.71. The number of H-pyrrole nitrogens is 1. The number of fused-ring (bicyclic) bond motifs is 1. The fraction of sp³-hybridized carbons (Fsp3) is 0.115. The summed E-state index contributed by atoms with van der Waals surface area (Å²) in [5, 5.41) is 11.2. The number of benzene rings is 3. The quantitative estimate of drug-likeness (QED) is 0.454. The van der Waals surface area contributed by atoms with E-state index < -0.39 is 17.1 Å². The maximum Gasteiger partial charge on any atom is 0.335 e. The minimum absolute atomic E-state index is 0.0382. The third-order valence-corrected chi connectivity index (χ3v) is 6.96. The zero-order chi connectivity index (χ0) is 23.7. The topological polar surface area (TPSA) is 96.7 Å². The summed E-state index contributed by atoms with van der Waals surface area (Å²) in [5.74, 6) is -0.100. The average molecular weight is 472 g/mol. The second kappa shape index (κ2) is 9.07. The van der Waals surface area contributed by atoms with Gasteiger partial charge in [-0.05, 0) is 29.8 Å². The van der Waals surface area contributed by atoms with Crippen molar-refractivity contribution in [2.75, 3.05) is 7.11 Å². The lowest BCUT2D eigenvalue weighted by atomic mass is 10.0. The number of rotatable bonds is 4. The summed E-state index contributed by atoms with van der Waals surface area (Å²) in [6.45, 7) is 0. The number of hydrogen-bond donors (Lipinski definition) is 2. The Balaban J connectivity index is 1.73. The maximum absolute atomic E-state index is 13.0. The van der Waals surface area contributed by atoms with E-state index in [-0.39, 0.29) is 10.8 Å². The van der Waals surface area contributed by atoms with Crippen LogP contribution in [0.25, 0.3) is 5.69 Å². The molecule has 0 spiro atoms. The highest BCUT2D eigenvalue weighted by atomic mass is 32.2. The van der Waals surface area contributed by atoms with Gasteiger partial charge in [-0.25, -0.2) is 9.36 Å². The van der Waals surface area contributed by atoms with E-state index in [9.17, 15) is 14.7 Å². The van der Waals surface area contributed by atoms with Crippen molar-refractivity contribution in [1.82, 2.24) is 9.55 Å². The molecule has 7 nitrogen and oxygen atoms in total. The van der Waals surface area contributed by atoms with Crippen molar-refractivity contribution >= 4 is 23.2 Å². The molecule has 4 aromatic rings. The van der Waals surface area contributed by atoms with Crippen LogP contribution in [0.2, 0.25) is 0 Å². The van der Waals surface area contributed by atoms with Gasteiger partial charge < -0.3 is 9.84 Å². The fourth-order valence-corrected chi connectivity index (χ4v) is 5.28. The molecule has 170 valence electrons. The molecule has 0 unspecified atom stereocenters. The summed E-state index contributed by atoms with van der Waals surface area (Å²) in [6, 6.07) is 24.4. The van der Waals surface area contributed by atoms with E-state index in [1.165, 1.54) is 7.11 Å². The first-order valence-electron chi connectivity index (χ1n) is 10.7. The van der Waals surface area contributed by atoms with Crippen LogP contribution in [-0.4, -0.2) is 27.5 Å². The molecule has 3 aromatic carbocycles. The van der Waals surface area contributed by atoms with Crippen LogP contribution < -0.4 is 16.0 Å². The molecule has 2 N–H and O–H groups in total. The van der Waals surface area contributed by atoms with E-state index in [1.54, 1.807) is 36.0 Å². The molecular weight excluding hydrogens is 450 g/mol. The molecule has 0 fully saturated rings. The molecule has 1 aliphatic rings. The number of thioether (sulfide) groups is 1. The number of aromatic hydroxyl groups is 1. The Bertz CT molecular complexity index is 1510. The van der Waals surface area contributed by atoms with Crippen molar-refractivity contribution in [2.45, 2.75) is 16.6 Å². The number of methoxy groups -OCH3 is 1. The Morgan fingerprint density at radius 3 is 2.50 bits per heavy atom. The molecule has 0 radical (unpaired) electrons. The van der Waals surface area contributed by atoms with Gasteiger partial charge in [0, 0.05) is 16.6 Å². The molecule has 1 aliphatic heterocycles. The highest BCUT2D eigenvalue weighted by Gasteiger charge is 2.28. The van der Waals surface area contributed by atoms with Crippen LogP contribution >= 0.6 is 11.8 Å². The van der Waals surface area contributed by atoms with E-state index in [2.05, 4.69) is 4.98 Å². The van der Waals surface area contributed by atoms with Crippen molar-refractivity contribution in [3.8, 4) is 17.3 Å². The fourth-order valence-electron chi connectivity index (χ4n) is 4.05. The summed E-state index contributed by atoms with van der Waals surface area (Å²) in [4.78, 5) is 33.9. The Kier molecular flexibility index (Phi) is 5.81. The van der Waals surface area contributed by atoms with E-state index in [1.807, 2.05) is 54.6 Å². The number of ether oxygens (including phenoxy) is 1. The van der Waals surface area contributed by atoms with Gasteiger partial charge in [0.1, 0.15) is 11.3 Å². The summed E-state index contributed by atoms with van der Waals surface area (Å²) in [5.41, 5.74) is 0.995. The molecular formula is C26H21N3O4S. The van der Waals surface area contributed by atoms with Gasteiger partial charge in [-0.15, -0.1) is 11.8 Å². The Morgan fingerprint density at radius 1 is 1.00 bits per heavy atom. The van der Waals surface area contributed by atoms with Gasteiger partial charge in [0.2, 0.25) is 5.88 Å². The first-order chi connectivity index (χ1) is 16.6. The number of nitrogens with one attached hydrogen (secondary N) is 1. The highest BCUT2D eigenvalue weighted by molar-refractivity contribution is 7.99. The molecule has 0 saturated carbocycles. The monoisotopic (exact) mass is 471 g/mol. The summed E-state index contributed by atoms with van der Waals surface area (Å²) >= 11 is 1.65. The molecule has 34 heavy (non-hydrogen) atoms. The minimum atomic E-state index is -0.764. The van der Waals surface area contributed by atoms with E-state index in [0.717, 1.165) is 15.0 Å². The largest absolute Gasteiger partial charge is 0.495 e. The predicted molar refractivity (Wildman–Crippen MR) is 133 cm³/mol. The van der Waals surface area contributed by atoms with Gasteiger partial charge >= 0.3 is 5.69 Å². The second-order valence-corrected chi connectivity index (χ2v) is 8.96. The Labute approximate surface area is 199 Å². The molecule has 1 atom stereocenters. The van der Waals surface area contributed by atoms with Crippen LogP contribution in [0.4, 0.5) is 5.69 Å². The average Bonchev–Trinajstić information content (AvgIpc) is 3.04. The van der Waals surface area contributed by atoms with Crippen LogP contribution in [-0.2, 0) is 0 Å². The van der Waals surface area contributed by atoms with E-state index >= 15 is 0 Å². The molecule has 5 rings (SSSR count). The van der Waals surface area contributed by atoms with Crippen LogP contribution in [0.1, 0.15) is 22.8 Å². The summed E-state index contributed by atoms with van der Waals surface area (Å²) in [6.07, 6.45) is 0.379. The molecule has 0 saturated heterocycles. The van der Waals surface area contributed by atoms with Gasteiger partial charge in [0.25, 0.3) is 5.56 Å². The Hall–Kier alpha value is -4.04. The lowest BCUT2D eigenvalue weighted by Crippen LogP contribution is -2.33. The smallest absolute Gasteiger partial charge is 0.335 e. The van der Waals surface area contributed by atoms with Crippen LogP contribution in [0, 0.1) is 0 Å². The standard InChI is InChI=1S/C26H21N3O4S/c1-33-20-13-7-6-12-19(20)29-25(31)23(24(30)28-26(29)32)18-15-22(16-9-3-2-4-10-16)34-21-14-8-5-11-17(21)27-18/h2-14,22,31H,15H2,1H3,(H,28,30,32)/t22-/m0/s1. The first kappa shape index (κ1) is 21.8. The molecule has 8 heteroatoms. The molecule has 0 bridgehead atoms. The van der Waals surface area contributed by atoms with Crippen molar-refractivity contribution < 1.29 is 9.84 Å². The molecule has 0 amide bonds. The van der Waals surface area contributed by atoms with Crippen LogP contribution in [0.3, 0.4) is 0 Å². The molecule has 1 aromatic heterocycles. The van der Waals surface area contributed by atoms with Crippen molar-refractivity contribution in [2.24, 2.45) is 4.99 Å². The molecule has 0 aliphatic carbocycles. The lowest BCUT2D eigenvalue weighted by Gasteiger charge is -2.17. The van der Waals surface area contributed by atoms with Gasteiger partial charge in [-0.2, -0.15) is 0 Å². The van der Waals surface area contributed by atoms with Crippen molar-refractivity contribution in [3.63, 3.8) is 0 Å². The van der Waals surface area contributed by atoms with Crippen molar-refractivity contribution in [3.05, 3.63) is 111 Å². The number of aliphatic imine (C=N–C) groups is 1. The Morgan fingerprint density at radius 2 is 1.71 bits per heavy atom. The van der Waals surface area contributed by atoms with Crippen LogP contribution in [0.5, 0.6) is 11.6 Å². The number of nitrogens with zero attached hydrogens (tertiary/aromatic N) is 2. The van der Waals surface area contributed by atoms with Gasteiger partial charge in [0.05, 0.1) is 24.2 Å². The van der Waals surface area contributed by atoms with Gasteiger partial charge in [-0.1, -0.05) is 54.6 Å². The highest BCUT2D eigenvalue weighted by Crippen LogP contribution is 2.45. The summed E-state index contributed by atoms with van der Waals surface area (Å²) < 4.78 is 6.41. The summed E-state index contributed by atoms with van der Waals surface area (Å²) in [7, 11) is 1.47. The zero-order valence-electron chi connectivity index (χ0n) is 18.3. The predicted octanol–water partition coefficient (Wildman–Crippen LogP) is 4.60. The normalized spacial score (nSPS) is 15.2. The number of para-hydroxylation sites is 3. The minimum Gasteiger partial charge on any atom is -0.495 e. The SMILES string of the molecule is COc1ccccc1-n1c(O)c(C2=Nc3ccccc3S[C@H](c3ccccc3)C2)c(=O)[nH]c1=O. The number of aromatic nitrogens is 2. The van der Waals surface area contributed by atoms with Gasteiger partial charge in [0.15, 0.2) is 0 Å². The van der Waals surface area contributed by atoms with Crippen LogP contribution in [0.15, 0.2) is 98.3 Å². The van der Waals surface area contributed by atoms with E-state index in [4.69, 9.17) is 9.73 Å².